The maximum absolute atomic E-state index is 5.98. The number of ether oxygens (including phenoxy) is 1. The molecular formula is C14H17ClN2O. The van der Waals surface area contributed by atoms with Crippen LogP contribution in [0.4, 0.5) is 5.69 Å². The molecule has 0 bridgehead atoms. The van der Waals surface area contributed by atoms with Crippen LogP contribution in [0.5, 0.6) is 0 Å². The Morgan fingerprint density at radius 2 is 2.17 bits per heavy atom. The van der Waals surface area contributed by atoms with E-state index in [1.165, 1.54) is 5.69 Å². The molecule has 0 aliphatic heterocycles. The SMILES string of the molecule is COCCCN(C)c1ccnc2cc(Cl)ccc12. The van der Waals surface area contributed by atoms with Gasteiger partial charge in [0.2, 0.25) is 0 Å². The quantitative estimate of drug-likeness (QED) is 0.775. The smallest absolute Gasteiger partial charge is 0.0737 e. The third-order valence-corrected chi connectivity index (χ3v) is 3.17. The summed E-state index contributed by atoms with van der Waals surface area (Å²) in [6.45, 7) is 1.73. The minimum Gasteiger partial charge on any atom is -0.385 e. The Hall–Kier alpha value is -1.32. The Balaban J connectivity index is 2.27. The number of aromatic nitrogens is 1. The van der Waals surface area contributed by atoms with Gasteiger partial charge in [-0.05, 0) is 30.7 Å². The number of benzene rings is 1. The van der Waals surface area contributed by atoms with Gasteiger partial charge in [-0.2, -0.15) is 0 Å². The lowest BCUT2D eigenvalue weighted by Crippen LogP contribution is -2.20. The van der Waals surface area contributed by atoms with E-state index in [0.29, 0.717) is 5.02 Å². The van der Waals surface area contributed by atoms with Crippen molar-refractivity contribution >= 4 is 28.2 Å². The van der Waals surface area contributed by atoms with Crippen LogP contribution in [0.15, 0.2) is 30.5 Å². The molecule has 0 fully saturated rings. The summed E-state index contributed by atoms with van der Waals surface area (Å²) in [4.78, 5) is 6.56. The number of methoxy groups -OCH3 is 1. The van der Waals surface area contributed by atoms with Crippen molar-refractivity contribution in [1.82, 2.24) is 4.98 Å². The Bertz CT molecular complexity index is 530. The van der Waals surface area contributed by atoms with Crippen molar-refractivity contribution in [1.29, 1.82) is 0 Å². The van der Waals surface area contributed by atoms with Crippen molar-refractivity contribution in [2.45, 2.75) is 6.42 Å². The van der Waals surface area contributed by atoms with E-state index in [-0.39, 0.29) is 0 Å². The van der Waals surface area contributed by atoms with Crippen LogP contribution in [0.25, 0.3) is 10.9 Å². The van der Waals surface area contributed by atoms with Gasteiger partial charge in [-0.25, -0.2) is 0 Å². The van der Waals surface area contributed by atoms with Gasteiger partial charge in [0.15, 0.2) is 0 Å². The predicted octanol–water partition coefficient (Wildman–Crippen LogP) is 3.36. The lowest BCUT2D eigenvalue weighted by atomic mass is 10.1. The summed E-state index contributed by atoms with van der Waals surface area (Å²) in [6, 6.07) is 7.84. The maximum Gasteiger partial charge on any atom is 0.0737 e. The summed E-state index contributed by atoms with van der Waals surface area (Å²) in [7, 11) is 3.81. The molecule has 0 saturated heterocycles. The molecule has 1 heterocycles. The number of nitrogens with zero attached hydrogens (tertiary/aromatic N) is 2. The first kappa shape index (κ1) is 13.1. The second kappa shape index (κ2) is 6.03. The normalized spacial score (nSPS) is 10.8. The number of hydrogen-bond donors (Lipinski definition) is 0. The topological polar surface area (TPSA) is 25.4 Å². The summed E-state index contributed by atoms with van der Waals surface area (Å²) in [5.74, 6) is 0. The van der Waals surface area contributed by atoms with Gasteiger partial charge in [-0.15, -0.1) is 0 Å². The molecule has 0 spiro atoms. The number of pyridine rings is 1. The van der Waals surface area contributed by atoms with E-state index < -0.39 is 0 Å². The first-order chi connectivity index (χ1) is 8.72. The Morgan fingerprint density at radius 3 is 2.94 bits per heavy atom. The molecule has 0 amide bonds. The molecule has 1 aromatic heterocycles. The monoisotopic (exact) mass is 264 g/mol. The fraction of sp³-hybridized carbons (Fsp3) is 0.357. The Kier molecular flexibility index (Phi) is 4.39. The van der Waals surface area contributed by atoms with Gasteiger partial charge >= 0.3 is 0 Å². The van der Waals surface area contributed by atoms with Crippen molar-refractivity contribution < 1.29 is 4.74 Å². The summed E-state index contributed by atoms with van der Waals surface area (Å²) >= 11 is 5.98. The first-order valence-electron chi connectivity index (χ1n) is 5.96. The minimum absolute atomic E-state index is 0.717. The second-order valence-corrected chi connectivity index (χ2v) is 4.70. The van der Waals surface area contributed by atoms with Gasteiger partial charge in [0.1, 0.15) is 0 Å². The zero-order valence-corrected chi connectivity index (χ0v) is 11.4. The van der Waals surface area contributed by atoms with E-state index in [4.69, 9.17) is 16.3 Å². The highest BCUT2D eigenvalue weighted by atomic mass is 35.5. The minimum atomic E-state index is 0.717. The number of fused-ring (bicyclic) bond motifs is 1. The van der Waals surface area contributed by atoms with Crippen molar-refractivity contribution in [3.8, 4) is 0 Å². The van der Waals surface area contributed by atoms with E-state index in [2.05, 4.69) is 16.9 Å². The van der Waals surface area contributed by atoms with E-state index in [1.807, 2.05) is 30.5 Å². The van der Waals surface area contributed by atoms with Gasteiger partial charge in [0.25, 0.3) is 0 Å². The van der Waals surface area contributed by atoms with Gasteiger partial charge < -0.3 is 9.64 Å². The summed E-state index contributed by atoms with van der Waals surface area (Å²) in [5, 5.41) is 1.84. The van der Waals surface area contributed by atoms with Crippen LogP contribution in [0.3, 0.4) is 0 Å². The van der Waals surface area contributed by atoms with Gasteiger partial charge in [-0.1, -0.05) is 11.6 Å². The average Bonchev–Trinajstić information content (AvgIpc) is 2.37. The van der Waals surface area contributed by atoms with E-state index in [9.17, 15) is 0 Å². The lowest BCUT2D eigenvalue weighted by molar-refractivity contribution is 0.196. The second-order valence-electron chi connectivity index (χ2n) is 4.26. The molecule has 0 aliphatic rings. The zero-order chi connectivity index (χ0) is 13.0. The summed E-state index contributed by atoms with van der Waals surface area (Å²) in [6.07, 6.45) is 2.82. The van der Waals surface area contributed by atoms with Crippen molar-refractivity contribution in [2.24, 2.45) is 0 Å². The third kappa shape index (κ3) is 2.92. The fourth-order valence-corrected chi connectivity index (χ4v) is 2.17. The van der Waals surface area contributed by atoms with Crippen LogP contribution in [-0.4, -0.2) is 32.3 Å². The molecule has 0 atom stereocenters. The van der Waals surface area contributed by atoms with Gasteiger partial charge in [-0.3, -0.25) is 4.98 Å². The molecule has 0 N–H and O–H groups in total. The average molecular weight is 265 g/mol. The van der Waals surface area contributed by atoms with E-state index in [1.54, 1.807) is 7.11 Å². The largest absolute Gasteiger partial charge is 0.385 e. The maximum atomic E-state index is 5.98. The fourth-order valence-electron chi connectivity index (χ4n) is 2.01. The first-order valence-corrected chi connectivity index (χ1v) is 6.34. The van der Waals surface area contributed by atoms with Crippen molar-refractivity contribution in [3.05, 3.63) is 35.5 Å². The van der Waals surface area contributed by atoms with Gasteiger partial charge in [0, 0.05) is 49.6 Å². The summed E-state index contributed by atoms with van der Waals surface area (Å²) < 4.78 is 5.07. The molecule has 0 aliphatic carbocycles. The van der Waals surface area contributed by atoms with Crippen molar-refractivity contribution in [3.63, 3.8) is 0 Å². The molecule has 18 heavy (non-hydrogen) atoms. The Labute approximate surface area is 112 Å². The third-order valence-electron chi connectivity index (χ3n) is 2.93. The van der Waals surface area contributed by atoms with E-state index >= 15 is 0 Å². The molecule has 0 radical (unpaired) electrons. The lowest BCUT2D eigenvalue weighted by Gasteiger charge is -2.20. The molecular weight excluding hydrogens is 248 g/mol. The highest BCUT2D eigenvalue weighted by molar-refractivity contribution is 6.31. The zero-order valence-electron chi connectivity index (χ0n) is 10.7. The van der Waals surface area contributed by atoms with Crippen LogP contribution in [0.1, 0.15) is 6.42 Å². The van der Waals surface area contributed by atoms with E-state index in [0.717, 1.165) is 30.5 Å². The van der Waals surface area contributed by atoms with Crippen LogP contribution in [0.2, 0.25) is 5.02 Å². The molecule has 0 unspecified atom stereocenters. The number of anilines is 1. The standard InChI is InChI=1S/C14H17ClN2O/c1-17(8-3-9-18-2)14-6-7-16-13-10-11(15)4-5-12(13)14/h4-7,10H,3,8-9H2,1-2H3. The highest BCUT2D eigenvalue weighted by Crippen LogP contribution is 2.26. The predicted molar refractivity (Wildman–Crippen MR) is 76.5 cm³/mol. The molecule has 1 aromatic carbocycles. The molecule has 2 aromatic rings. The van der Waals surface area contributed by atoms with Crippen LogP contribution < -0.4 is 4.90 Å². The molecule has 3 nitrogen and oxygen atoms in total. The summed E-state index contributed by atoms with van der Waals surface area (Å²) in [5.41, 5.74) is 2.10. The molecule has 96 valence electrons. The highest BCUT2D eigenvalue weighted by Gasteiger charge is 2.06. The number of rotatable bonds is 5. The van der Waals surface area contributed by atoms with Crippen LogP contribution in [0, 0.1) is 0 Å². The molecule has 2 rings (SSSR count). The van der Waals surface area contributed by atoms with Crippen LogP contribution >= 0.6 is 11.6 Å². The number of hydrogen-bond acceptors (Lipinski definition) is 3. The van der Waals surface area contributed by atoms with Gasteiger partial charge in [0.05, 0.1) is 5.52 Å². The number of halogens is 1. The molecule has 0 saturated carbocycles. The van der Waals surface area contributed by atoms with Crippen LogP contribution in [-0.2, 0) is 4.74 Å². The van der Waals surface area contributed by atoms with Crippen molar-refractivity contribution in [2.75, 3.05) is 32.2 Å². The molecule has 4 heteroatoms. The Morgan fingerprint density at radius 1 is 1.33 bits per heavy atom.